The van der Waals surface area contributed by atoms with Crippen LogP contribution in [0.25, 0.3) is 11.2 Å². The molecular formula is C11H14B2N6O2. The number of imidazole rings is 1. The molecule has 1 aliphatic heterocycles. The van der Waals surface area contributed by atoms with Gasteiger partial charge < -0.3 is 20.1 Å². The van der Waals surface area contributed by atoms with Crippen molar-refractivity contribution < 1.29 is 9.84 Å². The third kappa shape index (κ3) is 2.61. The molecule has 1 fully saturated rings. The summed E-state index contributed by atoms with van der Waals surface area (Å²) in [5.41, 5.74) is 3.82. The Morgan fingerprint density at radius 3 is 2.95 bits per heavy atom. The number of aromatic nitrogens is 4. The van der Waals surface area contributed by atoms with Crippen LogP contribution in [0.5, 0.6) is 0 Å². The highest BCUT2D eigenvalue weighted by atomic mass is 16.5. The topological polar surface area (TPSA) is 88.3 Å². The Kier molecular flexibility index (Phi) is 3.83. The quantitative estimate of drug-likeness (QED) is 0.580. The molecule has 1 aliphatic rings. The molecule has 106 valence electrons. The van der Waals surface area contributed by atoms with Crippen LogP contribution in [0.2, 0.25) is 0 Å². The van der Waals surface area contributed by atoms with Crippen LogP contribution in [0.1, 0.15) is 19.6 Å². The lowest BCUT2D eigenvalue weighted by atomic mass is 10.1. The van der Waals surface area contributed by atoms with Gasteiger partial charge in [0.25, 0.3) is 0 Å². The number of aliphatic hydroxyl groups excluding tert-OH is 1. The Morgan fingerprint density at radius 2 is 2.29 bits per heavy atom. The normalized spacial score (nSPS) is 25.8. The largest absolute Gasteiger partial charge is 0.394 e. The second-order valence-electron chi connectivity index (χ2n) is 5.11. The average molecular weight is 284 g/mol. The molecule has 0 bridgehead atoms. The van der Waals surface area contributed by atoms with Gasteiger partial charge in [-0.05, 0) is 6.42 Å². The number of nitrogens with zero attached hydrogens (tertiary/aromatic N) is 5. The van der Waals surface area contributed by atoms with Crippen LogP contribution in [0.3, 0.4) is 0 Å². The van der Waals surface area contributed by atoms with E-state index in [1.54, 1.807) is 6.33 Å². The summed E-state index contributed by atoms with van der Waals surface area (Å²) in [7, 11) is 10.7. The molecule has 3 rings (SSSR count). The van der Waals surface area contributed by atoms with Gasteiger partial charge in [0.05, 0.1) is 19.0 Å². The van der Waals surface area contributed by atoms with E-state index >= 15 is 0 Å². The fraction of sp³-hybridized carbons (Fsp3) is 0.545. The molecule has 4 radical (unpaired) electrons. The van der Waals surface area contributed by atoms with E-state index in [-0.39, 0.29) is 24.9 Å². The van der Waals surface area contributed by atoms with Gasteiger partial charge in [0, 0.05) is 5.92 Å². The fourth-order valence-electron chi connectivity index (χ4n) is 2.62. The molecule has 2 N–H and O–H groups in total. The summed E-state index contributed by atoms with van der Waals surface area (Å²) in [6.07, 6.45) is 3.45. The zero-order chi connectivity index (χ0) is 15.0. The number of anilines is 1. The number of hydrogen-bond donors (Lipinski definition) is 2. The van der Waals surface area contributed by atoms with Crippen LogP contribution < -0.4 is 5.43 Å². The highest BCUT2D eigenvalue weighted by Gasteiger charge is 2.34. The number of nitrogens with one attached hydrogen (secondary N) is 1. The second kappa shape index (κ2) is 5.63. The predicted molar refractivity (Wildman–Crippen MR) is 77.1 cm³/mol. The minimum Gasteiger partial charge on any atom is -0.394 e. The maximum Gasteiger partial charge on any atom is 0.192 e. The lowest BCUT2D eigenvalue weighted by Gasteiger charge is -2.17. The summed E-state index contributed by atoms with van der Waals surface area (Å²) in [5, 5.41) is 9.24. The van der Waals surface area contributed by atoms with Crippen LogP contribution in [-0.4, -0.2) is 58.1 Å². The number of ether oxygens (including phenoxy) is 1. The molecule has 2 aromatic rings. The van der Waals surface area contributed by atoms with Crippen molar-refractivity contribution in [3.8, 4) is 0 Å². The Hall–Kier alpha value is -1.64. The van der Waals surface area contributed by atoms with E-state index in [0.29, 0.717) is 17.0 Å². The van der Waals surface area contributed by atoms with Gasteiger partial charge in [-0.3, -0.25) is 4.57 Å². The first-order chi connectivity index (χ1) is 10.1. The molecule has 0 spiro atoms. The van der Waals surface area contributed by atoms with Gasteiger partial charge in [0.15, 0.2) is 32.9 Å². The molecule has 3 atom stereocenters. The standard InChI is InChI=1S/C11H14B2N6O2/c1-6-2-7(3-20)21-11(6)18-5-16-8-9(17-19(12)13)14-4-15-10(8)18/h4-7,11,20H,2-3H2,1H3,(H,14,15,17)/t6-,7-,11+/m0/s1. The first-order valence-corrected chi connectivity index (χ1v) is 6.60. The molecule has 1 saturated heterocycles. The maximum atomic E-state index is 9.24. The molecule has 3 heterocycles. The number of fused-ring (bicyclic) bond motifs is 1. The van der Waals surface area contributed by atoms with Gasteiger partial charge >= 0.3 is 0 Å². The van der Waals surface area contributed by atoms with Gasteiger partial charge in [0.2, 0.25) is 0 Å². The smallest absolute Gasteiger partial charge is 0.192 e. The molecule has 0 aliphatic carbocycles. The first-order valence-electron chi connectivity index (χ1n) is 6.60. The highest BCUT2D eigenvalue weighted by Crippen LogP contribution is 2.35. The van der Waals surface area contributed by atoms with Crippen LogP contribution in [-0.2, 0) is 4.74 Å². The summed E-state index contributed by atoms with van der Waals surface area (Å²) < 4.78 is 7.66. The van der Waals surface area contributed by atoms with Crippen molar-refractivity contribution in [2.75, 3.05) is 12.0 Å². The van der Waals surface area contributed by atoms with Crippen molar-refractivity contribution in [3.05, 3.63) is 12.7 Å². The molecular weight excluding hydrogens is 270 g/mol. The minimum absolute atomic E-state index is 0.00453. The highest BCUT2D eigenvalue weighted by molar-refractivity contribution is 6.25. The molecule has 0 unspecified atom stereocenters. The monoisotopic (exact) mass is 284 g/mol. The number of aliphatic hydroxyl groups is 1. The molecule has 8 nitrogen and oxygen atoms in total. The van der Waals surface area contributed by atoms with Gasteiger partial charge in [-0.25, -0.2) is 15.0 Å². The van der Waals surface area contributed by atoms with Crippen molar-refractivity contribution in [2.45, 2.75) is 25.7 Å². The number of hydrazine groups is 1. The second-order valence-corrected chi connectivity index (χ2v) is 5.11. The van der Waals surface area contributed by atoms with Crippen molar-refractivity contribution in [1.29, 1.82) is 0 Å². The van der Waals surface area contributed by atoms with E-state index in [0.717, 1.165) is 11.3 Å². The summed E-state index contributed by atoms with van der Waals surface area (Å²) in [6.45, 7) is 2.07. The van der Waals surface area contributed by atoms with Crippen molar-refractivity contribution >= 4 is 32.9 Å². The van der Waals surface area contributed by atoms with Crippen LogP contribution in [0, 0.1) is 5.92 Å². The van der Waals surface area contributed by atoms with Crippen LogP contribution >= 0.6 is 0 Å². The van der Waals surface area contributed by atoms with Crippen LogP contribution in [0.4, 0.5) is 5.82 Å². The Morgan fingerprint density at radius 1 is 1.48 bits per heavy atom. The van der Waals surface area contributed by atoms with Crippen LogP contribution in [0.15, 0.2) is 12.7 Å². The third-order valence-corrected chi connectivity index (χ3v) is 3.52. The van der Waals surface area contributed by atoms with E-state index in [1.807, 2.05) is 4.57 Å². The Bertz CT molecular complexity index is 636. The fourth-order valence-corrected chi connectivity index (χ4v) is 2.62. The zero-order valence-electron chi connectivity index (χ0n) is 11.5. The first kappa shape index (κ1) is 14.3. The minimum atomic E-state index is -0.221. The molecule has 10 heteroatoms. The van der Waals surface area contributed by atoms with Crippen molar-refractivity contribution in [1.82, 2.24) is 24.3 Å². The molecule has 0 aromatic carbocycles. The third-order valence-electron chi connectivity index (χ3n) is 3.52. The van der Waals surface area contributed by atoms with Gasteiger partial charge in [0.1, 0.15) is 12.6 Å². The summed E-state index contributed by atoms with van der Waals surface area (Å²) >= 11 is 0. The zero-order valence-corrected chi connectivity index (χ0v) is 11.5. The molecule has 0 saturated carbocycles. The van der Waals surface area contributed by atoms with Gasteiger partial charge in [-0.15, -0.1) is 0 Å². The lowest BCUT2D eigenvalue weighted by Crippen LogP contribution is -2.24. The average Bonchev–Trinajstić information content (AvgIpc) is 3.02. The molecule has 2 aromatic heterocycles. The predicted octanol–water partition coefficient (Wildman–Crippen LogP) is -0.462. The SMILES string of the molecule is [B]N([B])Nc1ncnc2c1ncn2[C@@H]1O[C@H](CO)C[C@@H]1C. The lowest BCUT2D eigenvalue weighted by molar-refractivity contribution is -0.0294. The van der Waals surface area contributed by atoms with Gasteiger partial charge in [-0.2, -0.15) is 0 Å². The van der Waals surface area contributed by atoms with Gasteiger partial charge in [-0.1, -0.05) is 6.92 Å². The molecule has 21 heavy (non-hydrogen) atoms. The van der Waals surface area contributed by atoms with E-state index in [1.165, 1.54) is 6.33 Å². The number of rotatable bonds is 4. The summed E-state index contributed by atoms with van der Waals surface area (Å²) in [5.74, 6) is 0.652. The number of hydrogen-bond acceptors (Lipinski definition) is 7. The Labute approximate surface area is 124 Å². The van der Waals surface area contributed by atoms with E-state index in [9.17, 15) is 5.11 Å². The summed E-state index contributed by atoms with van der Waals surface area (Å²) in [6, 6.07) is 0. The molecule has 0 amide bonds. The van der Waals surface area contributed by atoms with Crippen molar-refractivity contribution in [2.24, 2.45) is 5.92 Å². The van der Waals surface area contributed by atoms with Crippen molar-refractivity contribution in [3.63, 3.8) is 0 Å². The maximum absolute atomic E-state index is 9.24. The summed E-state index contributed by atoms with van der Waals surface area (Å²) in [4.78, 5) is 13.4. The van der Waals surface area contributed by atoms with E-state index < -0.39 is 0 Å². The van der Waals surface area contributed by atoms with E-state index in [4.69, 9.17) is 20.7 Å². The Balaban J connectivity index is 1.97. The van der Waals surface area contributed by atoms with E-state index in [2.05, 4.69) is 27.3 Å².